The van der Waals surface area contributed by atoms with Crippen LogP contribution in [0.1, 0.15) is 29.1 Å². The number of benzene rings is 1. The minimum Gasteiger partial charge on any atom is -0.313 e. The second-order valence-corrected chi connectivity index (χ2v) is 6.08. The third kappa shape index (κ3) is 4.03. The predicted octanol–water partition coefficient (Wildman–Crippen LogP) is 3.68. The highest BCUT2D eigenvalue weighted by Crippen LogP contribution is 2.22. The number of rotatable bonds is 4. The Bertz CT molecular complexity index is 619. The summed E-state index contributed by atoms with van der Waals surface area (Å²) < 4.78 is 0. The van der Waals surface area contributed by atoms with E-state index in [1.54, 1.807) is 0 Å². The van der Waals surface area contributed by atoms with E-state index in [2.05, 4.69) is 27.9 Å². The van der Waals surface area contributed by atoms with E-state index in [1.165, 1.54) is 11.3 Å². The fraction of sp³-hybridized carbons (Fsp3) is 0.333. The van der Waals surface area contributed by atoms with Gasteiger partial charge in [-0.1, -0.05) is 12.1 Å². The first kappa shape index (κ1) is 15.5. The Balaban J connectivity index is 2.02. The van der Waals surface area contributed by atoms with Crippen molar-refractivity contribution in [1.82, 2.24) is 10.3 Å². The third-order valence-electron chi connectivity index (χ3n) is 3.33. The van der Waals surface area contributed by atoms with E-state index in [0.717, 1.165) is 21.8 Å². The van der Waals surface area contributed by atoms with Gasteiger partial charge >= 0.3 is 6.03 Å². The highest BCUT2D eigenvalue weighted by molar-refractivity contribution is 7.15. The average Bonchev–Trinajstić information content (AvgIpc) is 2.76. The molecule has 2 amide bonds. The van der Waals surface area contributed by atoms with Crippen molar-refractivity contribution >= 4 is 28.2 Å². The van der Waals surface area contributed by atoms with Gasteiger partial charge in [-0.15, -0.1) is 11.3 Å². The van der Waals surface area contributed by atoms with Gasteiger partial charge in [0.15, 0.2) is 5.13 Å². The molecule has 0 aliphatic carbocycles. The van der Waals surface area contributed by atoms with Gasteiger partial charge in [0.05, 0.1) is 5.69 Å². The van der Waals surface area contributed by atoms with Crippen LogP contribution in [0.3, 0.4) is 0 Å². The van der Waals surface area contributed by atoms with Crippen LogP contribution >= 0.6 is 11.3 Å². The van der Waals surface area contributed by atoms with Crippen molar-refractivity contribution in [1.29, 1.82) is 0 Å². The number of amides is 2. The molecule has 1 aromatic heterocycles. The van der Waals surface area contributed by atoms with Crippen LogP contribution in [0.25, 0.3) is 0 Å². The molecule has 1 atom stereocenters. The number of anilines is 2. The van der Waals surface area contributed by atoms with E-state index in [-0.39, 0.29) is 12.1 Å². The lowest BCUT2D eigenvalue weighted by Gasteiger charge is -2.12. The lowest BCUT2D eigenvalue weighted by molar-refractivity contribution is 0.262. The Kier molecular flexibility index (Phi) is 4.93. The second-order valence-electron chi connectivity index (χ2n) is 4.88. The van der Waals surface area contributed by atoms with Gasteiger partial charge in [0.25, 0.3) is 0 Å². The monoisotopic (exact) mass is 304 g/mol. The standard InChI is InChI=1S/C15H20N4OS/c1-9-11(3)21-15(17-9)19-14(20)18-13-7-5-6-12(8-13)10(2)16-4/h5-8,10,16H,1-4H3,(H2,17,18,19,20). The second kappa shape index (κ2) is 6.69. The Morgan fingerprint density at radius 1 is 1.29 bits per heavy atom. The van der Waals surface area contributed by atoms with Crippen molar-refractivity contribution in [2.75, 3.05) is 17.7 Å². The van der Waals surface area contributed by atoms with E-state index in [9.17, 15) is 4.79 Å². The molecular formula is C15H20N4OS. The Morgan fingerprint density at radius 3 is 2.67 bits per heavy atom. The molecule has 0 saturated heterocycles. The molecule has 1 aromatic carbocycles. The average molecular weight is 304 g/mol. The number of aryl methyl sites for hydroxylation is 2. The molecule has 2 rings (SSSR count). The number of hydrogen-bond acceptors (Lipinski definition) is 4. The highest BCUT2D eigenvalue weighted by Gasteiger charge is 2.09. The maximum Gasteiger partial charge on any atom is 0.325 e. The quantitative estimate of drug-likeness (QED) is 0.807. The third-order valence-corrected chi connectivity index (χ3v) is 4.31. The molecule has 6 heteroatoms. The molecule has 1 heterocycles. The number of nitrogens with one attached hydrogen (secondary N) is 3. The van der Waals surface area contributed by atoms with Crippen LogP contribution in [0.4, 0.5) is 15.6 Å². The van der Waals surface area contributed by atoms with Gasteiger partial charge in [0, 0.05) is 16.6 Å². The van der Waals surface area contributed by atoms with Crippen molar-refractivity contribution in [3.63, 3.8) is 0 Å². The van der Waals surface area contributed by atoms with Crippen LogP contribution in [0.2, 0.25) is 0 Å². The van der Waals surface area contributed by atoms with Crippen molar-refractivity contribution in [3.8, 4) is 0 Å². The molecule has 0 spiro atoms. The maximum atomic E-state index is 12.0. The number of thiazole rings is 1. The largest absolute Gasteiger partial charge is 0.325 e. The van der Waals surface area contributed by atoms with Crippen molar-refractivity contribution in [2.24, 2.45) is 0 Å². The SMILES string of the molecule is CNC(C)c1cccc(NC(=O)Nc2nc(C)c(C)s2)c1. The molecule has 0 aliphatic rings. The predicted molar refractivity (Wildman–Crippen MR) is 88.1 cm³/mol. The van der Waals surface area contributed by atoms with E-state index >= 15 is 0 Å². The van der Waals surface area contributed by atoms with Gasteiger partial charge in [-0.3, -0.25) is 5.32 Å². The lowest BCUT2D eigenvalue weighted by atomic mass is 10.1. The Morgan fingerprint density at radius 2 is 2.05 bits per heavy atom. The van der Waals surface area contributed by atoms with Gasteiger partial charge in [0.2, 0.25) is 0 Å². The summed E-state index contributed by atoms with van der Waals surface area (Å²) in [5.41, 5.74) is 2.83. The maximum absolute atomic E-state index is 12.0. The Hall–Kier alpha value is -1.92. The first-order valence-corrected chi connectivity index (χ1v) is 7.60. The highest BCUT2D eigenvalue weighted by atomic mass is 32.1. The smallest absolute Gasteiger partial charge is 0.313 e. The van der Waals surface area contributed by atoms with Crippen LogP contribution in [0.15, 0.2) is 24.3 Å². The number of urea groups is 1. The van der Waals surface area contributed by atoms with E-state index in [4.69, 9.17) is 0 Å². The van der Waals surface area contributed by atoms with Gasteiger partial charge in [0.1, 0.15) is 0 Å². The molecule has 3 N–H and O–H groups in total. The molecule has 0 fully saturated rings. The zero-order valence-corrected chi connectivity index (χ0v) is 13.5. The first-order valence-electron chi connectivity index (χ1n) is 6.79. The molecule has 0 saturated carbocycles. The summed E-state index contributed by atoms with van der Waals surface area (Å²) in [7, 11) is 1.91. The number of carbonyl (C=O) groups is 1. The molecule has 112 valence electrons. The van der Waals surface area contributed by atoms with E-state index in [1.807, 2.05) is 45.2 Å². The van der Waals surface area contributed by atoms with E-state index < -0.39 is 0 Å². The summed E-state index contributed by atoms with van der Waals surface area (Å²) in [6.07, 6.45) is 0. The summed E-state index contributed by atoms with van der Waals surface area (Å²) in [6.45, 7) is 5.98. The van der Waals surface area contributed by atoms with Gasteiger partial charge in [-0.05, 0) is 45.5 Å². The van der Waals surface area contributed by atoms with Gasteiger partial charge in [-0.25, -0.2) is 9.78 Å². The number of aromatic nitrogens is 1. The minimum absolute atomic E-state index is 0.235. The molecule has 0 aliphatic heterocycles. The van der Waals surface area contributed by atoms with Crippen LogP contribution in [0.5, 0.6) is 0 Å². The van der Waals surface area contributed by atoms with Crippen LogP contribution < -0.4 is 16.0 Å². The molecule has 5 nitrogen and oxygen atoms in total. The fourth-order valence-corrected chi connectivity index (χ4v) is 2.65. The molecular weight excluding hydrogens is 284 g/mol. The summed E-state index contributed by atoms with van der Waals surface area (Å²) in [4.78, 5) is 17.4. The fourth-order valence-electron chi connectivity index (χ4n) is 1.84. The molecule has 2 aromatic rings. The summed E-state index contributed by atoms with van der Waals surface area (Å²) in [5.74, 6) is 0. The van der Waals surface area contributed by atoms with E-state index in [0.29, 0.717) is 5.13 Å². The molecule has 0 bridgehead atoms. The number of carbonyl (C=O) groups excluding carboxylic acids is 1. The van der Waals surface area contributed by atoms with Gasteiger partial charge in [-0.2, -0.15) is 0 Å². The summed E-state index contributed by atoms with van der Waals surface area (Å²) in [5, 5.41) is 9.37. The van der Waals surface area contributed by atoms with Crippen molar-refractivity contribution in [2.45, 2.75) is 26.8 Å². The molecule has 1 unspecified atom stereocenters. The topological polar surface area (TPSA) is 66.0 Å². The van der Waals surface area contributed by atoms with Crippen LogP contribution in [-0.2, 0) is 0 Å². The van der Waals surface area contributed by atoms with Crippen molar-refractivity contribution < 1.29 is 4.79 Å². The first-order chi connectivity index (χ1) is 9.99. The molecule has 21 heavy (non-hydrogen) atoms. The summed E-state index contributed by atoms with van der Waals surface area (Å²) >= 11 is 1.47. The lowest BCUT2D eigenvalue weighted by Crippen LogP contribution is -2.19. The van der Waals surface area contributed by atoms with Gasteiger partial charge < -0.3 is 10.6 Å². The minimum atomic E-state index is -0.280. The normalized spacial score (nSPS) is 12.0. The molecule has 0 radical (unpaired) electrons. The Labute approximate surface area is 128 Å². The van der Waals surface area contributed by atoms with Crippen LogP contribution in [-0.4, -0.2) is 18.1 Å². The zero-order chi connectivity index (χ0) is 15.4. The number of nitrogens with zero attached hydrogens (tertiary/aromatic N) is 1. The summed E-state index contributed by atoms with van der Waals surface area (Å²) in [6, 6.07) is 7.73. The zero-order valence-electron chi connectivity index (χ0n) is 12.7. The number of hydrogen-bond donors (Lipinski definition) is 3. The van der Waals surface area contributed by atoms with Crippen molar-refractivity contribution in [3.05, 3.63) is 40.4 Å². The van der Waals surface area contributed by atoms with Crippen LogP contribution in [0, 0.1) is 13.8 Å².